The van der Waals surface area contributed by atoms with Gasteiger partial charge in [-0.3, -0.25) is 9.48 Å². The fourth-order valence-corrected chi connectivity index (χ4v) is 6.40. The highest BCUT2D eigenvalue weighted by atomic mass is 32.2. The summed E-state index contributed by atoms with van der Waals surface area (Å²) in [5.74, 6) is 0.391. The summed E-state index contributed by atoms with van der Waals surface area (Å²) in [6.45, 7) is 4.35. The van der Waals surface area contributed by atoms with Gasteiger partial charge in [-0.05, 0) is 31.4 Å². The number of sulfone groups is 1. The van der Waals surface area contributed by atoms with Crippen LogP contribution in [0.25, 0.3) is 0 Å². The van der Waals surface area contributed by atoms with Crippen LogP contribution in [0.4, 0.5) is 0 Å². The van der Waals surface area contributed by atoms with Crippen LogP contribution in [0.1, 0.15) is 52.9 Å². The third kappa shape index (κ3) is 5.19. The van der Waals surface area contributed by atoms with Gasteiger partial charge in [-0.1, -0.05) is 60.7 Å². The van der Waals surface area contributed by atoms with Gasteiger partial charge in [-0.2, -0.15) is 5.10 Å². The van der Waals surface area contributed by atoms with E-state index in [4.69, 9.17) is 0 Å². The van der Waals surface area contributed by atoms with E-state index in [1.807, 2.05) is 62.0 Å². The number of hydrogen-bond acceptors (Lipinski definition) is 4. The summed E-state index contributed by atoms with van der Waals surface area (Å²) in [6.07, 6.45) is 0.964. The van der Waals surface area contributed by atoms with Crippen LogP contribution in [-0.2, 0) is 21.2 Å². The molecule has 0 unspecified atom stereocenters. The van der Waals surface area contributed by atoms with Gasteiger partial charge in [0.05, 0.1) is 23.2 Å². The molecule has 1 saturated heterocycles. The Labute approximate surface area is 196 Å². The van der Waals surface area contributed by atoms with Gasteiger partial charge >= 0.3 is 0 Å². The molecule has 0 N–H and O–H groups in total. The summed E-state index contributed by atoms with van der Waals surface area (Å²) in [7, 11) is -1.17. The molecule has 0 bridgehead atoms. The molecular formula is C26H31N3O3S. The molecule has 3 aromatic rings. The van der Waals surface area contributed by atoms with Gasteiger partial charge in [0.2, 0.25) is 5.91 Å². The van der Waals surface area contributed by atoms with Crippen molar-refractivity contribution in [2.75, 3.05) is 18.6 Å². The lowest BCUT2D eigenvalue weighted by atomic mass is 9.88. The van der Waals surface area contributed by atoms with Crippen molar-refractivity contribution in [1.29, 1.82) is 0 Å². The number of aryl methyl sites for hydroxylation is 1. The molecule has 1 aromatic heterocycles. The number of aromatic nitrogens is 2. The Kier molecular flexibility index (Phi) is 6.70. The first-order valence-electron chi connectivity index (χ1n) is 11.3. The molecule has 1 atom stereocenters. The van der Waals surface area contributed by atoms with Crippen molar-refractivity contribution in [3.8, 4) is 0 Å². The molecule has 2 heterocycles. The van der Waals surface area contributed by atoms with Crippen LogP contribution in [0.5, 0.6) is 0 Å². The highest BCUT2D eigenvalue weighted by molar-refractivity contribution is 7.91. The SMILES string of the molecule is Cc1nn([C@@H]2CCS(=O)(=O)C2)c(C)c1CN(C)C(=O)CC(c1ccccc1)c1ccccc1. The van der Waals surface area contributed by atoms with Crippen LogP contribution in [0, 0.1) is 13.8 Å². The van der Waals surface area contributed by atoms with Crippen LogP contribution < -0.4 is 0 Å². The Morgan fingerprint density at radius 1 is 1.06 bits per heavy atom. The zero-order valence-corrected chi connectivity index (χ0v) is 20.3. The van der Waals surface area contributed by atoms with Crippen LogP contribution in [0.3, 0.4) is 0 Å². The van der Waals surface area contributed by atoms with Gasteiger partial charge in [0, 0.05) is 37.2 Å². The lowest BCUT2D eigenvalue weighted by molar-refractivity contribution is -0.130. The lowest BCUT2D eigenvalue weighted by Crippen LogP contribution is -2.28. The zero-order valence-electron chi connectivity index (χ0n) is 19.4. The first kappa shape index (κ1) is 23.2. The lowest BCUT2D eigenvalue weighted by Gasteiger charge is -2.23. The molecule has 1 fully saturated rings. The molecule has 0 aliphatic carbocycles. The van der Waals surface area contributed by atoms with E-state index in [-0.39, 0.29) is 29.4 Å². The number of rotatable bonds is 7. The molecule has 33 heavy (non-hydrogen) atoms. The zero-order chi connectivity index (χ0) is 23.6. The number of carbonyl (C=O) groups excluding carboxylic acids is 1. The molecule has 2 aromatic carbocycles. The van der Waals surface area contributed by atoms with Crippen LogP contribution in [0.15, 0.2) is 60.7 Å². The Balaban J connectivity index is 1.51. The number of nitrogens with zero attached hydrogens (tertiary/aromatic N) is 3. The number of carbonyl (C=O) groups is 1. The molecule has 7 heteroatoms. The molecule has 0 radical (unpaired) electrons. The quantitative estimate of drug-likeness (QED) is 0.528. The second kappa shape index (κ2) is 9.51. The monoisotopic (exact) mass is 465 g/mol. The standard InChI is InChI=1S/C26H31N3O3S/c1-19-25(20(2)29(27-19)23-14-15-33(31,32)18-23)17-28(3)26(30)16-24(21-10-6-4-7-11-21)22-12-8-5-9-13-22/h4-13,23-24H,14-18H2,1-3H3/t23-/m1/s1. The maximum atomic E-state index is 13.3. The third-order valence-electron chi connectivity index (χ3n) is 6.63. The fraction of sp³-hybridized carbons (Fsp3) is 0.385. The van der Waals surface area contributed by atoms with Gasteiger partial charge in [0.1, 0.15) is 0 Å². The van der Waals surface area contributed by atoms with Crippen molar-refractivity contribution in [2.45, 2.75) is 45.2 Å². The highest BCUT2D eigenvalue weighted by Crippen LogP contribution is 2.30. The Morgan fingerprint density at radius 3 is 2.15 bits per heavy atom. The molecule has 174 valence electrons. The van der Waals surface area contributed by atoms with Crippen molar-refractivity contribution in [1.82, 2.24) is 14.7 Å². The molecule has 4 rings (SSSR count). The molecule has 0 spiro atoms. The van der Waals surface area contributed by atoms with Gasteiger partial charge in [-0.25, -0.2) is 8.42 Å². The van der Waals surface area contributed by atoms with Crippen molar-refractivity contribution >= 4 is 15.7 Å². The predicted octanol–water partition coefficient (Wildman–Crippen LogP) is 4.04. The molecule has 0 saturated carbocycles. The Bertz CT molecular complexity index is 1180. The van der Waals surface area contributed by atoms with E-state index >= 15 is 0 Å². The van der Waals surface area contributed by atoms with E-state index < -0.39 is 9.84 Å². The Morgan fingerprint density at radius 2 is 1.64 bits per heavy atom. The second-order valence-electron chi connectivity index (χ2n) is 8.98. The second-order valence-corrected chi connectivity index (χ2v) is 11.2. The summed E-state index contributed by atoms with van der Waals surface area (Å²) in [4.78, 5) is 15.1. The third-order valence-corrected chi connectivity index (χ3v) is 8.38. The summed E-state index contributed by atoms with van der Waals surface area (Å²) < 4.78 is 25.7. The minimum absolute atomic E-state index is 0.0176. The fourth-order valence-electron chi connectivity index (χ4n) is 4.70. The highest BCUT2D eigenvalue weighted by Gasteiger charge is 2.32. The topological polar surface area (TPSA) is 72.3 Å². The first-order valence-corrected chi connectivity index (χ1v) is 13.2. The van der Waals surface area contributed by atoms with Crippen molar-refractivity contribution in [3.05, 3.63) is 88.7 Å². The van der Waals surface area contributed by atoms with E-state index in [2.05, 4.69) is 29.4 Å². The summed E-state index contributed by atoms with van der Waals surface area (Å²) in [5, 5.41) is 4.64. The van der Waals surface area contributed by atoms with Gasteiger partial charge in [-0.15, -0.1) is 0 Å². The molecule has 6 nitrogen and oxygen atoms in total. The van der Waals surface area contributed by atoms with Crippen LogP contribution >= 0.6 is 0 Å². The maximum Gasteiger partial charge on any atom is 0.223 e. The van der Waals surface area contributed by atoms with Crippen molar-refractivity contribution < 1.29 is 13.2 Å². The summed E-state index contributed by atoms with van der Waals surface area (Å²) in [5.41, 5.74) is 5.02. The average Bonchev–Trinajstić information content (AvgIpc) is 3.31. The minimum atomic E-state index is -2.99. The van der Waals surface area contributed by atoms with E-state index in [0.29, 0.717) is 19.4 Å². The number of benzene rings is 2. The number of hydrogen-bond donors (Lipinski definition) is 0. The largest absolute Gasteiger partial charge is 0.341 e. The van der Waals surface area contributed by atoms with E-state index in [1.165, 1.54) is 0 Å². The Hall–Kier alpha value is -2.93. The average molecular weight is 466 g/mol. The first-order chi connectivity index (χ1) is 15.7. The van der Waals surface area contributed by atoms with Gasteiger partial charge in [0.15, 0.2) is 9.84 Å². The molecule has 1 aliphatic rings. The van der Waals surface area contributed by atoms with Gasteiger partial charge in [0.25, 0.3) is 0 Å². The van der Waals surface area contributed by atoms with Gasteiger partial charge < -0.3 is 4.90 Å². The number of amides is 1. The van der Waals surface area contributed by atoms with Crippen molar-refractivity contribution in [2.24, 2.45) is 0 Å². The maximum absolute atomic E-state index is 13.3. The van der Waals surface area contributed by atoms with Crippen molar-refractivity contribution in [3.63, 3.8) is 0 Å². The van der Waals surface area contributed by atoms with Crippen LogP contribution in [0.2, 0.25) is 0 Å². The van der Waals surface area contributed by atoms with E-state index in [9.17, 15) is 13.2 Å². The van der Waals surface area contributed by atoms with E-state index in [1.54, 1.807) is 4.90 Å². The molecule has 1 amide bonds. The van der Waals surface area contributed by atoms with E-state index in [0.717, 1.165) is 28.1 Å². The molecule has 1 aliphatic heterocycles. The minimum Gasteiger partial charge on any atom is -0.341 e. The van der Waals surface area contributed by atoms with Crippen LogP contribution in [-0.4, -0.2) is 47.6 Å². The normalized spacial score (nSPS) is 17.4. The smallest absolute Gasteiger partial charge is 0.223 e. The summed E-state index contributed by atoms with van der Waals surface area (Å²) in [6, 6.07) is 20.1. The summed E-state index contributed by atoms with van der Waals surface area (Å²) >= 11 is 0. The molecular weight excluding hydrogens is 434 g/mol. The predicted molar refractivity (Wildman–Crippen MR) is 130 cm³/mol.